The van der Waals surface area contributed by atoms with Crippen molar-refractivity contribution in [2.45, 2.75) is 38.2 Å². The zero-order valence-corrected chi connectivity index (χ0v) is 10.7. The van der Waals surface area contributed by atoms with Crippen molar-refractivity contribution in [3.8, 4) is 0 Å². The van der Waals surface area contributed by atoms with Crippen molar-refractivity contribution in [1.82, 2.24) is 0 Å². The van der Waals surface area contributed by atoms with E-state index in [0.29, 0.717) is 41.8 Å². The molecule has 0 amide bonds. The monoisotopic (exact) mass is 252 g/mol. The van der Waals surface area contributed by atoms with Crippen LogP contribution >= 0.6 is 12.2 Å². The van der Waals surface area contributed by atoms with E-state index in [4.69, 9.17) is 21.7 Å². The summed E-state index contributed by atoms with van der Waals surface area (Å²) < 4.78 is 11.4. The predicted octanol–water partition coefficient (Wildman–Crippen LogP) is 2.08. The van der Waals surface area contributed by atoms with Gasteiger partial charge in [-0.1, -0.05) is 6.92 Å². The summed E-state index contributed by atoms with van der Waals surface area (Å²) in [5.41, 5.74) is -0.0412. The molecule has 0 unspecified atom stereocenters. The molecule has 0 radical (unpaired) electrons. The molecule has 3 saturated carbocycles. The van der Waals surface area contributed by atoms with Gasteiger partial charge in [0.15, 0.2) is 5.60 Å². The van der Waals surface area contributed by atoms with Gasteiger partial charge in [-0.25, -0.2) is 0 Å². The highest BCUT2D eigenvalue weighted by Crippen LogP contribution is 2.74. The highest BCUT2D eigenvalue weighted by atomic mass is 32.1. The Kier molecular flexibility index (Phi) is 1.72. The molecule has 4 heteroatoms. The van der Waals surface area contributed by atoms with Crippen LogP contribution in [0.25, 0.3) is 0 Å². The lowest BCUT2D eigenvalue weighted by molar-refractivity contribution is -0.129. The van der Waals surface area contributed by atoms with Crippen molar-refractivity contribution in [2.75, 3.05) is 6.61 Å². The Morgan fingerprint density at radius 1 is 1.41 bits per heavy atom. The van der Waals surface area contributed by atoms with E-state index < -0.39 is 0 Å². The Bertz CT molecular complexity index is 434. The second kappa shape index (κ2) is 2.85. The lowest BCUT2D eigenvalue weighted by atomic mass is 9.63. The number of carbonyl (C=O) groups excluding carboxylic acids is 1. The van der Waals surface area contributed by atoms with Crippen LogP contribution in [0.3, 0.4) is 0 Å². The second-order valence-corrected chi connectivity index (χ2v) is 6.69. The SMILES string of the molecule is C[C@@]12CC(=O)CC[C@H]1[C@@]1(COC(=S)O1)[C@H]1C[C@H]12. The van der Waals surface area contributed by atoms with E-state index in [1.807, 2.05) is 0 Å². The molecule has 3 aliphatic carbocycles. The quantitative estimate of drug-likeness (QED) is 0.618. The Morgan fingerprint density at radius 3 is 2.94 bits per heavy atom. The third-order valence-corrected chi connectivity index (χ3v) is 5.83. The van der Waals surface area contributed by atoms with Crippen molar-refractivity contribution < 1.29 is 14.3 Å². The second-order valence-electron chi connectivity index (χ2n) is 6.36. The lowest BCUT2D eigenvalue weighted by Gasteiger charge is -2.43. The molecule has 1 spiro atoms. The first kappa shape index (κ1) is 10.3. The van der Waals surface area contributed by atoms with Crippen LogP contribution in [0, 0.1) is 23.2 Å². The van der Waals surface area contributed by atoms with E-state index in [1.54, 1.807) is 0 Å². The van der Waals surface area contributed by atoms with E-state index in [0.717, 1.165) is 12.8 Å². The summed E-state index contributed by atoms with van der Waals surface area (Å²) >= 11 is 5.04. The number of fused-ring (bicyclic) bond motifs is 5. The molecule has 1 heterocycles. The van der Waals surface area contributed by atoms with Crippen molar-refractivity contribution in [3.05, 3.63) is 0 Å². The van der Waals surface area contributed by atoms with Gasteiger partial charge in [0.25, 0.3) is 0 Å². The van der Waals surface area contributed by atoms with Crippen molar-refractivity contribution in [1.29, 1.82) is 0 Å². The fraction of sp³-hybridized carbons (Fsp3) is 0.846. The summed E-state index contributed by atoms with van der Waals surface area (Å²) in [6.07, 6.45) is 3.58. The van der Waals surface area contributed by atoms with Gasteiger partial charge in [-0.3, -0.25) is 4.79 Å². The van der Waals surface area contributed by atoms with E-state index in [1.165, 1.54) is 6.42 Å². The molecule has 4 fully saturated rings. The van der Waals surface area contributed by atoms with Crippen LogP contribution in [-0.2, 0) is 14.3 Å². The van der Waals surface area contributed by atoms with Crippen LogP contribution < -0.4 is 0 Å². The Hall–Kier alpha value is -0.640. The van der Waals surface area contributed by atoms with Gasteiger partial charge in [0, 0.05) is 36.9 Å². The molecule has 0 aromatic carbocycles. The van der Waals surface area contributed by atoms with Crippen LogP contribution in [0.5, 0.6) is 0 Å². The number of Topliss-reactive ketones (excluding diaryl/α,β-unsaturated/α-hetero) is 1. The molecule has 0 bridgehead atoms. The van der Waals surface area contributed by atoms with Gasteiger partial charge >= 0.3 is 5.24 Å². The first-order valence-electron chi connectivity index (χ1n) is 6.44. The van der Waals surface area contributed by atoms with Crippen molar-refractivity contribution >= 4 is 23.2 Å². The minimum absolute atomic E-state index is 0.142. The van der Waals surface area contributed by atoms with Gasteiger partial charge in [-0.05, 0) is 24.2 Å². The molecule has 4 rings (SSSR count). The first-order chi connectivity index (χ1) is 8.06. The van der Waals surface area contributed by atoms with Gasteiger partial charge in [-0.15, -0.1) is 0 Å². The van der Waals surface area contributed by atoms with Gasteiger partial charge in [0.1, 0.15) is 12.4 Å². The van der Waals surface area contributed by atoms with Crippen LogP contribution in [0.2, 0.25) is 0 Å². The highest BCUT2D eigenvalue weighted by molar-refractivity contribution is 7.79. The standard InChI is InChI=1S/C13H16O3S/c1-12-5-7(14)2-3-10(12)13(9-4-8(9)12)6-15-11(17)16-13/h8-10H,2-6H2,1H3/t8-,9+,10-,12+,13-/m1/s1. The fourth-order valence-corrected chi connectivity index (χ4v) is 5.14. The summed E-state index contributed by atoms with van der Waals surface area (Å²) in [4.78, 5) is 11.7. The van der Waals surface area contributed by atoms with E-state index in [9.17, 15) is 4.79 Å². The molecule has 1 aliphatic heterocycles. The maximum absolute atomic E-state index is 11.7. The van der Waals surface area contributed by atoms with Crippen LogP contribution in [0.4, 0.5) is 0 Å². The number of ketones is 1. The molecule has 1 saturated heterocycles. The minimum atomic E-state index is -0.183. The zero-order chi connectivity index (χ0) is 11.8. The van der Waals surface area contributed by atoms with E-state index >= 15 is 0 Å². The fourth-order valence-electron chi connectivity index (χ4n) is 4.93. The molecule has 92 valence electrons. The highest BCUT2D eigenvalue weighted by Gasteiger charge is 2.76. The molecule has 17 heavy (non-hydrogen) atoms. The topological polar surface area (TPSA) is 35.5 Å². The zero-order valence-electron chi connectivity index (χ0n) is 9.90. The average Bonchev–Trinajstić information content (AvgIpc) is 2.95. The minimum Gasteiger partial charge on any atom is -0.453 e. The van der Waals surface area contributed by atoms with Gasteiger partial charge in [0.2, 0.25) is 0 Å². The smallest absolute Gasteiger partial charge is 0.353 e. The van der Waals surface area contributed by atoms with Gasteiger partial charge in [0.05, 0.1) is 0 Å². The van der Waals surface area contributed by atoms with E-state index in [2.05, 4.69) is 6.92 Å². The van der Waals surface area contributed by atoms with Gasteiger partial charge < -0.3 is 9.47 Å². The number of hydrogen-bond donors (Lipinski definition) is 0. The molecular formula is C13H16O3S. The number of carbonyl (C=O) groups is 1. The molecule has 3 nitrogen and oxygen atoms in total. The Balaban J connectivity index is 1.76. The predicted molar refractivity (Wildman–Crippen MR) is 64.4 cm³/mol. The van der Waals surface area contributed by atoms with Crippen molar-refractivity contribution in [2.24, 2.45) is 23.2 Å². The summed E-state index contributed by atoms with van der Waals surface area (Å²) in [5, 5.41) is 0.316. The van der Waals surface area contributed by atoms with Crippen LogP contribution in [-0.4, -0.2) is 23.2 Å². The third-order valence-electron chi connectivity index (χ3n) is 5.63. The maximum Gasteiger partial charge on any atom is 0.353 e. The first-order valence-corrected chi connectivity index (χ1v) is 6.84. The molecule has 5 atom stereocenters. The number of hydrogen-bond acceptors (Lipinski definition) is 4. The molecule has 0 aromatic rings. The number of ether oxygens (including phenoxy) is 2. The molecule has 0 aromatic heterocycles. The Labute approximate surface area is 106 Å². The van der Waals surface area contributed by atoms with Crippen LogP contribution in [0.1, 0.15) is 32.6 Å². The van der Waals surface area contributed by atoms with Gasteiger partial charge in [-0.2, -0.15) is 0 Å². The molecular weight excluding hydrogens is 236 g/mol. The summed E-state index contributed by atoms with van der Waals surface area (Å²) in [6, 6.07) is 0. The number of rotatable bonds is 0. The molecule has 4 aliphatic rings. The summed E-state index contributed by atoms with van der Waals surface area (Å²) in [5.74, 6) is 2.11. The Morgan fingerprint density at radius 2 is 2.24 bits per heavy atom. The average molecular weight is 252 g/mol. The van der Waals surface area contributed by atoms with E-state index in [-0.39, 0.29) is 11.0 Å². The lowest BCUT2D eigenvalue weighted by Crippen LogP contribution is -2.48. The maximum atomic E-state index is 11.7. The molecule has 0 N–H and O–H groups in total. The van der Waals surface area contributed by atoms with Crippen LogP contribution in [0.15, 0.2) is 0 Å². The largest absolute Gasteiger partial charge is 0.453 e. The van der Waals surface area contributed by atoms with Crippen molar-refractivity contribution in [3.63, 3.8) is 0 Å². The summed E-state index contributed by atoms with van der Waals surface area (Å²) in [6.45, 7) is 2.89. The third kappa shape index (κ3) is 1.08. The normalized spacial score (nSPS) is 55.2. The summed E-state index contributed by atoms with van der Waals surface area (Å²) in [7, 11) is 0. The number of thiocarbonyl (C=S) groups is 1.